The van der Waals surface area contributed by atoms with Crippen LogP contribution in [0.4, 0.5) is 0 Å². The normalized spacial score (nSPS) is 15.5. The van der Waals surface area contributed by atoms with Gasteiger partial charge in [0.25, 0.3) is 0 Å². The van der Waals surface area contributed by atoms with Crippen molar-refractivity contribution in [2.75, 3.05) is 13.7 Å². The first-order chi connectivity index (χ1) is 11.3. The standard InChI is InChI=1S/C18H26N2O4/c1-6-20(17(22)13-8-7-9-13)12(4)16(21)14-10(2)15(18(23)24-5)19-11(14)3/h12-13,19H,6-9H2,1-5H3/t12-/m1/s1. The first kappa shape index (κ1) is 18.2. The molecule has 0 spiro atoms. The average Bonchev–Trinajstić information content (AvgIpc) is 2.79. The molecule has 1 heterocycles. The van der Waals surface area contributed by atoms with Crippen LogP contribution in [0.25, 0.3) is 0 Å². The van der Waals surface area contributed by atoms with Gasteiger partial charge in [0.2, 0.25) is 5.91 Å². The molecular formula is C18H26N2O4. The number of nitrogens with one attached hydrogen (secondary N) is 1. The summed E-state index contributed by atoms with van der Waals surface area (Å²) in [7, 11) is 1.30. The highest BCUT2D eigenvalue weighted by molar-refractivity contribution is 6.06. The van der Waals surface area contributed by atoms with Crippen LogP contribution in [-0.4, -0.2) is 47.2 Å². The number of ketones is 1. The van der Waals surface area contributed by atoms with Crippen molar-refractivity contribution in [2.45, 2.75) is 53.0 Å². The maximum absolute atomic E-state index is 13.0. The molecule has 0 radical (unpaired) electrons. The zero-order chi connectivity index (χ0) is 18.0. The van der Waals surface area contributed by atoms with Gasteiger partial charge in [-0.25, -0.2) is 4.79 Å². The number of Topliss-reactive ketones (excluding diaryl/α,β-unsaturated/α-hetero) is 1. The lowest BCUT2D eigenvalue weighted by atomic mass is 9.84. The number of carbonyl (C=O) groups excluding carboxylic acids is 3. The van der Waals surface area contributed by atoms with Gasteiger partial charge in [0, 0.05) is 23.7 Å². The number of amides is 1. The lowest BCUT2D eigenvalue weighted by Crippen LogP contribution is -2.47. The quantitative estimate of drug-likeness (QED) is 0.641. The van der Waals surface area contributed by atoms with Crippen LogP contribution in [0.1, 0.15) is 65.2 Å². The minimum Gasteiger partial charge on any atom is -0.464 e. The summed E-state index contributed by atoms with van der Waals surface area (Å²) in [6.07, 6.45) is 2.89. The van der Waals surface area contributed by atoms with Gasteiger partial charge < -0.3 is 14.6 Å². The molecule has 2 rings (SSSR count). The topological polar surface area (TPSA) is 79.5 Å². The second kappa shape index (κ2) is 7.20. The van der Waals surface area contributed by atoms with E-state index >= 15 is 0 Å². The minimum absolute atomic E-state index is 0.0549. The van der Waals surface area contributed by atoms with Crippen LogP contribution in [0.15, 0.2) is 0 Å². The summed E-state index contributed by atoms with van der Waals surface area (Å²) in [5.41, 5.74) is 1.96. The van der Waals surface area contributed by atoms with Crippen molar-refractivity contribution in [2.24, 2.45) is 5.92 Å². The van der Waals surface area contributed by atoms with Gasteiger partial charge in [-0.1, -0.05) is 6.42 Å². The molecule has 24 heavy (non-hydrogen) atoms. The predicted molar refractivity (Wildman–Crippen MR) is 90.1 cm³/mol. The fourth-order valence-electron chi connectivity index (χ4n) is 3.29. The molecule has 0 saturated heterocycles. The number of aromatic amines is 1. The van der Waals surface area contributed by atoms with E-state index in [1.807, 2.05) is 6.92 Å². The second-order valence-electron chi connectivity index (χ2n) is 6.41. The summed E-state index contributed by atoms with van der Waals surface area (Å²) in [6.45, 7) is 7.61. The van der Waals surface area contributed by atoms with Crippen LogP contribution in [0, 0.1) is 19.8 Å². The molecule has 1 saturated carbocycles. The number of ether oxygens (including phenoxy) is 1. The number of nitrogens with zero attached hydrogens (tertiary/aromatic N) is 1. The monoisotopic (exact) mass is 334 g/mol. The third-order valence-corrected chi connectivity index (χ3v) is 5.00. The van der Waals surface area contributed by atoms with Gasteiger partial charge in [0.1, 0.15) is 5.69 Å². The molecule has 6 heteroatoms. The number of hydrogen-bond acceptors (Lipinski definition) is 4. The highest BCUT2D eigenvalue weighted by Crippen LogP contribution is 2.30. The number of H-pyrrole nitrogens is 1. The first-order valence-electron chi connectivity index (χ1n) is 8.45. The molecule has 1 fully saturated rings. The Labute approximate surface area is 142 Å². The fourth-order valence-corrected chi connectivity index (χ4v) is 3.29. The number of methoxy groups -OCH3 is 1. The van der Waals surface area contributed by atoms with Gasteiger partial charge in [-0.15, -0.1) is 0 Å². The van der Waals surface area contributed by atoms with Crippen molar-refractivity contribution in [1.82, 2.24) is 9.88 Å². The van der Waals surface area contributed by atoms with E-state index in [9.17, 15) is 14.4 Å². The summed E-state index contributed by atoms with van der Waals surface area (Å²) < 4.78 is 4.74. The fraction of sp³-hybridized carbons (Fsp3) is 0.611. The molecule has 132 valence electrons. The van der Waals surface area contributed by atoms with Gasteiger partial charge in [0.05, 0.1) is 13.2 Å². The Bertz CT molecular complexity index is 658. The summed E-state index contributed by atoms with van der Waals surface area (Å²) >= 11 is 0. The van der Waals surface area contributed by atoms with Crippen LogP contribution in [0.3, 0.4) is 0 Å². The van der Waals surface area contributed by atoms with E-state index in [2.05, 4.69) is 4.98 Å². The molecule has 6 nitrogen and oxygen atoms in total. The number of aryl methyl sites for hydroxylation is 1. The van der Waals surface area contributed by atoms with E-state index in [1.54, 1.807) is 25.7 Å². The van der Waals surface area contributed by atoms with E-state index in [1.165, 1.54) is 7.11 Å². The molecule has 1 aliphatic carbocycles. The van der Waals surface area contributed by atoms with E-state index in [4.69, 9.17) is 4.74 Å². The molecule has 1 atom stereocenters. The Kier molecular flexibility index (Phi) is 5.47. The van der Waals surface area contributed by atoms with Gasteiger partial charge in [-0.05, 0) is 46.1 Å². The molecular weight excluding hydrogens is 308 g/mol. The number of carbonyl (C=O) groups is 3. The molecule has 1 N–H and O–H groups in total. The SMILES string of the molecule is CCN(C(=O)C1CCC1)[C@H](C)C(=O)c1c(C)[nH]c(C(=O)OC)c1C. The molecule has 1 aliphatic rings. The number of likely N-dealkylation sites (N-methyl/N-ethyl adjacent to an activating group) is 1. The van der Waals surface area contributed by atoms with Crippen molar-refractivity contribution in [1.29, 1.82) is 0 Å². The molecule has 1 aromatic heterocycles. The maximum atomic E-state index is 13.0. The maximum Gasteiger partial charge on any atom is 0.354 e. The van der Waals surface area contributed by atoms with Crippen molar-refractivity contribution in [3.05, 3.63) is 22.5 Å². The Morgan fingerprint density at radius 2 is 1.92 bits per heavy atom. The zero-order valence-corrected chi connectivity index (χ0v) is 15.1. The van der Waals surface area contributed by atoms with Crippen molar-refractivity contribution in [3.8, 4) is 0 Å². The number of rotatable bonds is 6. The summed E-state index contributed by atoms with van der Waals surface area (Å²) in [6, 6.07) is -0.554. The van der Waals surface area contributed by atoms with Crippen LogP contribution < -0.4 is 0 Å². The number of aromatic nitrogens is 1. The van der Waals surface area contributed by atoms with Crippen LogP contribution >= 0.6 is 0 Å². The van der Waals surface area contributed by atoms with Gasteiger partial charge in [-0.3, -0.25) is 9.59 Å². The van der Waals surface area contributed by atoms with Crippen molar-refractivity contribution >= 4 is 17.7 Å². The van der Waals surface area contributed by atoms with E-state index in [0.29, 0.717) is 29.1 Å². The third kappa shape index (κ3) is 3.09. The first-order valence-corrected chi connectivity index (χ1v) is 8.45. The predicted octanol–water partition coefficient (Wildman–Crippen LogP) is 2.64. The number of hydrogen-bond donors (Lipinski definition) is 1. The number of esters is 1. The molecule has 0 bridgehead atoms. The van der Waals surface area contributed by atoms with Crippen LogP contribution in [0.5, 0.6) is 0 Å². The second-order valence-corrected chi connectivity index (χ2v) is 6.41. The summed E-state index contributed by atoms with van der Waals surface area (Å²) in [4.78, 5) is 41.9. The van der Waals surface area contributed by atoms with E-state index in [-0.39, 0.29) is 17.6 Å². The summed E-state index contributed by atoms with van der Waals surface area (Å²) in [5.74, 6) is -0.533. The van der Waals surface area contributed by atoms with Gasteiger partial charge in [0.15, 0.2) is 5.78 Å². The molecule has 0 aromatic carbocycles. The average molecular weight is 334 g/mol. The molecule has 1 amide bonds. The Morgan fingerprint density at radius 1 is 1.29 bits per heavy atom. The smallest absolute Gasteiger partial charge is 0.354 e. The highest BCUT2D eigenvalue weighted by Gasteiger charge is 2.35. The van der Waals surface area contributed by atoms with Crippen LogP contribution in [0.2, 0.25) is 0 Å². The van der Waals surface area contributed by atoms with Gasteiger partial charge in [-0.2, -0.15) is 0 Å². The van der Waals surface area contributed by atoms with Crippen LogP contribution in [-0.2, 0) is 9.53 Å². The highest BCUT2D eigenvalue weighted by atomic mass is 16.5. The molecule has 1 aromatic rings. The largest absolute Gasteiger partial charge is 0.464 e. The van der Waals surface area contributed by atoms with Crippen molar-refractivity contribution < 1.29 is 19.1 Å². The minimum atomic E-state index is -0.554. The lowest BCUT2D eigenvalue weighted by molar-refractivity contribution is -0.139. The van der Waals surface area contributed by atoms with Crippen molar-refractivity contribution in [3.63, 3.8) is 0 Å². The Morgan fingerprint density at radius 3 is 2.38 bits per heavy atom. The lowest BCUT2D eigenvalue weighted by Gasteiger charge is -2.34. The van der Waals surface area contributed by atoms with Gasteiger partial charge >= 0.3 is 5.97 Å². The Hall–Kier alpha value is -2.11. The van der Waals surface area contributed by atoms with E-state index in [0.717, 1.165) is 19.3 Å². The zero-order valence-electron chi connectivity index (χ0n) is 15.1. The Balaban J connectivity index is 2.28. The molecule has 0 aliphatic heterocycles. The van der Waals surface area contributed by atoms with E-state index < -0.39 is 12.0 Å². The summed E-state index contributed by atoms with van der Waals surface area (Å²) in [5, 5.41) is 0. The molecule has 0 unspecified atom stereocenters. The third-order valence-electron chi connectivity index (χ3n) is 5.00.